The van der Waals surface area contributed by atoms with E-state index in [1.165, 1.54) is 0 Å². The first-order valence-corrected chi connectivity index (χ1v) is 6.86. The van der Waals surface area contributed by atoms with Crippen molar-refractivity contribution in [3.8, 4) is 0 Å². The highest BCUT2D eigenvalue weighted by Gasteiger charge is 2.30. The van der Waals surface area contributed by atoms with Crippen LogP contribution in [0.2, 0.25) is 0 Å². The lowest BCUT2D eigenvalue weighted by Crippen LogP contribution is -2.30. The Hall–Kier alpha value is -1.14. The van der Waals surface area contributed by atoms with E-state index in [1.807, 2.05) is 0 Å². The number of carbonyl (C=O) groups excluding carboxylic acids is 1. The SMILES string of the molecule is O=C(O)[C@H]1CCN(C(=O)CCOC[C@@H]2CCCO2)C1. The number of carboxylic acid groups (broad SMARTS) is 1. The Morgan fingerprint density at radius 2 is 2.21 bits per heavy atom. The van der Waals surface area contributed by atoms with Crippen molar-refractivity contribution >= 4 is 11.9 Å². The minimum Gasteiger partial charge on any atom is -0.481 e. The van der Waals surface area contributed by atoms with Crippen LogP contribution in [0.25, 0.3) is 0 Å². The molecule has 2 aliphatic rings. The molecule has 0 saturated carbocycles. The van der Waals surface area contributed by atoms with Crippen LogP contribution in [0.3, 0.4) is 0 Å². The highest BCUT2D eigenvalue weighted by molar-refractivity contribution is 5.78. The number of aliphatic carboxylic acids is 1. The van der Waals surface area contributed by atoms with Crippen LogP contribution in [-0.4, -0.2) is 60.9 Å². The number of hydrogen-bond acceptors (Lipinski definition) is 4. The number of nitrogens with zero attached hydrogens (tertiary/aromatic N) is 1. The van der Waals surface area contributed by atoms with Gasteiger partial charge in [-0.05, 0) is 19.3 Å². The van der Waals surface area contributed by atoms with Gasteiger partial charge in [-0.2, -0.15) is 0 Å². The molecule has 0 radical (unpaired) electrons. The summed E-state index contributed by atoms with van der Waals surface area (Å²) in [6, 6.07) is 0. The third-order valence-electron chi connectivity index (χ3n) is 3.68. The maximum atomic E-state index is 11.8. The first-order chi connectivity index (χ1) is 9.16. The molecule has 1 N–H and O–H groups in total. The molecule has 0 aromatic heterocycles. The van der Waals surface area contributed by atoms with Crippen molar-refractivity contribution in [3.63, 3.8) is 0 Å². The molecule has 0 aromatic carbocycles. The molecule has 2 atom stereocenters. The number of ether oxygens (including phenoxy) is 2. The lowest BCUT2D eigenvalue weighted by Gasteiger charge is -2.16. The van der Waals surface area contributed by atoms with Crippen LogP contribution in [0.1, 0.15) is 25.7 Å². The highest BCUT2D eigenvalue weighted by Crippen LogP contribution is 2.17. The van der Waals surface area contributed by atoms with Gasteiger partial charge in [0, 0.05) is 19.7 Å². The fourth-order valence-electron chi connectivity index (χ4n) is 2.50. The van der Waals surface area contributed by atoms with Crippen molar-refractivity contribution in [1.29, 1.82) is 0 Å². The molecular weight excluding hydrogens is 250 g/mol. The minimum atomic E-state index is -0.815. The summed E-state index contributed by atoms with van der Waals surface area (Å²) in [6.07, 6.45) is 3.16. The Morgan fingerprint density at radius 1 is 1.37 bits per heavy atom. The Labute approximate surface area is 112 Å². The fraction of sp³-hybridized carbons (Fsp3) is 0.846. The number of amides is 1. The lowest BCUT2D eigenvalue weighted by molar-refractivity contribution is -0.141. The van der Waals surface area contributed by atoms with E-state index < -0.39 is 11.9 Å². The van der Waals surface area contributed by atoms with Crippen molar-refractivity contribution in [2.75, 3.05) is 32.9 Å². The molecule has 19 heavy (non-hydrogen) atoms. The number of likely N-dealkylation sites (tertiary alicyclic amines) is 1. The maximum absolute atomic E-state index is 11.8. The molecule has 2 aliphatic heterocycles. The number of carboxylic acids is 1. The maximum Gasteiger partial charge on any atom is 0.308 e. The van der Waals surface area contributed by atoms with Crippen molar-refractivity contribution < 1.29 is 24.2 Å². The highest BCUT2D eigenvalue weighted by atomic mass is 16.5. The van der Waals surface area contributed by atoms with Gasteiger partial charge in [0.2, 0.25) is 5.91 Å². The minimum absolute atomic E-state index is 0.0175. The molecule has 2 fully saturated rings. The van der Waals surface area contributed by atoms with E-state index in [0.29, 0.717) is 39.1 Å². The summed E-state index contributed by atoms with van der Waals surface area (Å²) >= 11 is 0. The zero-order valence-electron chi connectivity index (χ0n) is 11.0. The molecule has 6 heteroatoms. The molecule has 0 aliphatic carbocycles. The smallest absolute Gasteiger partial charge is 0.308 e. The molecular formula is C13H21NO5. The van der Waals surface area contributed by atoms with Gasteiger partial charge in [-0.25, -0.2) is 0 Å². The first kappa shape index (κ1) is 14.3. The molecule has 0 bridgehead atoms. The van der Waals surface area contributed by atoms with E-state index in [-0.39, 0.29) is 12.0 Å². The van der Waals surface area contributed by atoms with Crippen molar-refractivity contribution in [2.24, 2.45) is 5.92 Å². The lowest BCUT2D eigenvalue weighted by atomic mass is 10.1. The topological polar surface area (TPSA) is 76.1 Å². The second kappa shape index (κ2) is 6.86. The zero-order chi connectivity index (χ0) is 13.7. The third kappa shape index (κ3) is 4.18. The average molecular weight is 271 g/mol. The van der Waals surface area contributed by atoms with Gasteiger partial charge in [0.1, 0.15) is 0 Å². The van der Waals surface area contributed by atoms with E-state index in [9.17, 15) is 9.59 Å². The standard InChI is InChI=1S/C13H21NO5/c15-12(14-5-3-10(8-14)13(16)17)4-7-18-9-11-2-1-6-19-11/h10-11H,1-9H2,(H,16,17)/t10-,11-/m0/s1. The Balaban J connectivity index is 1.58. The quantitative estimate of drug-likeness (QED) is 0.712. The summed E-state index contributed by atoms with van der Waals surface area (Å²) in [5.74, 6) is -1.24. The van der Waals surface area contributed by atoms with Gasteiger partial charge in [0.25, 0.3) is 0 Å². The summed E-state index contributed by atoms with van der Waals surface area (Å²) in [4.78, 5) is 24.3. The van der Waals surface area contributed by atoms with Crippen LogP contribution in [0, 0.1) is 5.92 Å². The Kier molecular flexibility index (Phi) is 5.15. The molecule has 2 heterocycles. The summed E-state index contributed by atoms with van der Waals surface area (Å²) in [5.41, 5.74) is 0. The van der Waals surface area contributed by atoms with Crippen molar-refractivity contribution in [1.82, 2.24) is 4.90 Å². The fourth-order valence-corrected chi connectivity index (χ4v) is 2.50. The van der Waals surface area contributed by atoms with Crippen LogP contribution >= 0.6 is 0 Å². The zero-order valence-corrected chi connectivity index (χ0v) is 11.0. The van der Waals surface area contributed by atoms with Crippen LogP contribution in [0.15, 0.2) is 0 Å². The summed E-state index contributed by atoms with van der Waals surface area (Å²) in [7, 11) is 0. The van der Waals surface area contributed by atoms with Crippen LogP contribution < -0.4 is 0 Å². The van der Waals surface area contributed by atoms with Gasteiger partial charge in [0.05, 0.1) is 31.7 Å². The molecule has 0 unspecified atom stereocenters. The molecule has 1 amide bonds. The van der Waals surface area contributed by atoms with Gasteiger partial charge < -0.3 is 19.5 Å². The third-order valence-corrected chi connectivity index (χ3v) is 3.68. The van der Waals surface area contributed by atoms with Gasteiger partial charge in [0.15, 0.2) is 0 Å². The van der Waals surface area contributed by atoms with Gasteiger partial charge >= 0.3 is 5.97 Å². The molecule has 0 aromatic rings. The van der Waals surface area contributed by atoms with E-state index in [0.717, 1.165) is 19.4 Å². The van der Waals surface area contributed by atoms with Crippen molar-refractivity contribution in [3.05, 3.63) is 0 Å². The Bertz CT molecular complexity index is 327. The summed E-state index contributed by atoms with van der Waals surface area (Å²) in [5, 5.41) is 8.87. The largest absolute Gasteiger partial charge is 0.481 e. The number of hydrogen-bond donors (Lipinski definition) is 1. The first-order valence-electron chi connectivity index (χ1n) is 6.86. The summed E-state index contributed by atoms with van der Waals surface area (Å²) in [6.45, 7) is 2.61. The van der Waals surface area contributed by atoms with Crippen LogP contribution in [0.5, 0.6) is 0 Å². The Morgan fingerprint density at radius 3 is 2.84 bits per heavy atom. The molecule has 0 spiro atoms. The normalized spacial score (nSPS) is 26.8. The molecule has 2 saturated heterocycles. The van der Waals surface area contributed by atoms with E-state index in [4.69, 9.17) is 14.6 Å². The number of rotatable bonds is 6. The second-order valence-electron chi connectivity index (χ2n) is 5.12. The number of carbonyl (C=O) groups is 2. The van der Waals surface area contributed by atoms with Crippen LogP contribution in [0.4, 0.5) is 0 Å². The predicted molar refractivity (Wildman–Crippen MR) is 66.7 cm³/mol. The molecule has 6 nitrogen and oxygen atoms in total. The summed E-state index contributed by atoms with van der Waals surface area (Å²) < 4.78 is 10.8. The van der Waals surface area contributed by atoms with E-state index in [1.54, 1.807) is 4.90 Å². The molecule has 2 rings (SSSR count). The van der Waals surface area contributed by atoms with Gasteiger partial charge in [-0.15, -0.1) is 0 Å². The van der Waals surface area contributed by atoms with E-state index in [2.05, 4.69) is 0 Å². The average Bonchev–Trinajstić information content (AvgIpc) is 3.05. The van der Waals surface area contributed by atoms with Gasteiger partial charge in [-0.3, -0.25) is 9.59 Å². The van der Waals surface area contributed by atoms with Crippen LogP contribution in [-0.2, 0) is 19.1 Å². The predicted octanol–water partition coefficient (Wildman–Crippen LogP) is 0.505. The van der Waals surface area contributed by atoms with Crippen molar-refractivity contribution in [2.45, 2.75) is 31.8 Å². The van der Waals surface area contributed by atoms with Gasteiger partial charge in [-0.1, -0.05) is 0 Å². The van der Waals surface area contributed by atoms with E-state index >= 15 is 0 Å². The molecule has 108 valence electrons. The monoisotopic (exact) mass is 271 g/mol. The second-order valence-corrected chi connectivity index (χ2v) is 5.12.